The van der Waals surface area contributed by atoms with Crippen LogP contribution in [0, 0.1) is 5.41 Å². The van der Waals surface area contributed by atoms with Crippen LogP contribution < -0.4 is 9.47 Å². The molecule has 1 fully saturated rings. The van der Waals surface area contributed by atoms with Gasteiger partial charge in [0.25, 0.3) is 0 Å². The third-order valence-electron chi connectivity index (χ3n) is 5.78. The van der Waals surface area contributed by atoms with Gasteiger partial charge in [-0.15, -0.1) is 0 Å². The number of aliphatic hydroxyl groups excluding tert-OH is 1. The SMILES string of the molecule is CCOc1cc2c(cc1CN1CCC(CC)(CO)CC1)OC(C)C2. The summed E-state index contributed by atoms with van der Waals surface area (Å²) in [4.78, 5) is 2.48. The summed E-state index contributed by atoms with van der Waals surface area (Å²) in [6.07, 6.45) is 4.43. The Morgan fingerprint density at radius 2 is 2.04 bits per heavy atom. The Morgan fingerprint density at radius 3 is 2.67 bits per heavy atom. The molecule has 1 unspecified atom stereocenters. The molecule has 0 radical (unpaired) electrons. The number of benzene rings is 1. The van der Waals surface area contributed by atoms with Gasteiger partial charge < -0.3 is 14.6 Å². The zero-order chi connectivity index (χ0) is 17.2. The van der Waals surface area contributed by atoms with Crippen LogP contribution in [0.5, 0.6) is 11.5 Å². The zero-order valence-corrected chi connectivity index (χ0v) is 15.3. The molecular weight excluding hydrogens is 302 g/mol. The highest BCUT2D eigenvalue weighted by Gasteiger charge is 2.32. The van der Waals surface area contributed by atoms with Crippen LogP contribution in [0.25, 0.3) is 0 Å². The van der Waals surface area contributed by atoms with Gasteiger partial charge in [-0.3, -0.25) is 4.90 Å². The lowest BCUT2D eigenvalue weighted by molar-refractivity contribution is 0.0379. The maximum absolute atomic E-state index is 9.71. The highest BCUT2D eigenvalue weighted by molar-refractivity contribution is 5.48. The van der Waals surface area contributed by atoms with Crippen LogP contribution in [0.2, 0.25) is 0 Å². The number of likely N-dealkylation sites (tertiary alicyclic amines) is 1. The summed E-state index contributed by atoms with van der Waals surface area (Å²) in [5.41, 5.74) is 2.62. The first-order chi connectivity index (χ1) is 11.6. The predicted octanol–water partition coefficient (Wildman–Crippen LogP) is 3.39. The van der Waals surface area contributed by atoms with Gasteiger partial charge in [-0.2, -0.15) is 0 Å². The van der Waals surface area contributed by atoms with Crippen LogP contribution in [0.4, 0.5) is 0 Å². The van der Waals surface area contributed by atoms with Crippen molar-refractivity contribution in [3.05, 3.63) is 23.3 Å². The topological polar surface area (TPSA) is 41.9 Å². The lowest BCUT2D eigenvalue weighted by Crippen LogP contribution is -2.41. The summed E-state index contributed by atoms with van der Waals surface area (Å²) in [6.45, 7) is 10.3. The Hall–Kier alpha value is -1.26. The number of ether oxygens (including phenoxy) is 2. The number of aliphatic hydroxyl groups is 1. The van der Waals surface area contributed by atoms with Gasteiger partial charge >= 0.3 is 0 Å². The molecule has 134 valence electrons. The minimum Gasteiger partial charge on any atom is -0.494 e. The Balaban J connectivity index is 1.72. The maximum Gasteiger partial charge on any atom is 0.124 e. The molecule has 1 saturated heterocycles. The molecule has 0 amide bonds. The Morgan fingerprint density at radius 1 is 1.29 bits per heavy atom. The van der Waals surface area contributed by atoms with Crippen LogP contribution in [-0.2, 0) is 13.0 Å². The van der Waals surface area contributed by atoms with Crippen molar-refractivity contribution in [1.29, 1.82) is 0 Å². The third-order valence-corrected chi connectivity index (χ3v) is 5.78. The second-order valence-corrected chi connectivity index (χ2v) is 7.42. The Bertz CT molecular complexity index is 558. The zero-order valence-electron chi connectivity index (χ0n) is 15.3. The summed E-state index contributed by atoms with van der Waals surface area (Å²) in [6, 6.07) is 4.35. The molecule has 4 heteroatoms. The van der Waals surface area contributed by atoms with Crippen molar-refractivity contribution in [2.45, 2.75) is 59.1 Å². The average molecular weight is 333 g/mol. The largest absolute Gasteiger partial charge is 0.494 e. The van der Waals surface area contributed by atoms with Gasteiger partial charge in [0.15, 0.2) is 0 Å². The Labute approximate surface area is 145 Å². The summed E-state index contributed by atoms with van der Waals surface area (Å²) in [5, 5.41) is 9.71. The molecule has 3 rings (SSSR count). The van der Waals surface area contributed by atoms with E-state index < -0.39 is 0 Å². The molecule has 4 nitrogen and oxygen atoms in total. The highest BCUT2D eigenvalue weighted by Crippen LogP contribution is 2.38. The van der Waals surface area contributed by atoms with Crippen molar-refractivity contribution in [3.63, 3.8) is 0 Å². The first kappa shape index (κ1) is 17.6. The molecule has 0 bridgehead atoms. The molecule has 1 N–H and O–H groups in total. The summed E-state index contributed by atoms with van der Waals surface area (Å²) >= 11 is 0. The summed E-state index contributed by atoms with van der Waals surface area (Å²) in [5.74, 6) is 2.03. The van der Waals surface area contributed by atoms with E-state index in [2.05, 4.69) is 30.9 Å². The molecule has 2 aliphatic rings. The van der Waals surface area contributed by atoms with Crippen LogP contribution in [0.3, 0.4) is 0 Å². The van der Waals surface area contributed by atoms with Gasteiger partial charge in [-0.1, -0.05) is 6.92 Å². The van der Waals surface area contributed by atoms with E-state index in [1.807, 2.05) is 6.92 Å². The Kier molecular flexibility index (Phi) is 5.36. The first-order valence-electron chi connectivity index (χ1n) is 9.37. The smallest absolute Gasteiger partial charge is 0.124 e. The van der Waals surface area contributed by atoms with Crippen LogP contribution in [0.15, 0.2) is 12.1 Å². The second kappa shape index (κ2) is 7.32. The van der Waals surface area contributed by atoms with E-state index in [1.54, 1.807) is 0 Å². The minimum atomic E-state index is 0.135. The van der Waals surface area contributed by atoms with Crippen molar-refractivity contribution in [2.24, 2.45) is 5.41 Å². The van der Waals surface area contributed by atoms with Gasteiger partial charge in [0.05, 0.1) is 6.61 Å². The second-order valence-electron chi connectivity index (χ2n) is 7.42. The fraction of sp³-hybridized carbons (Fsp3) is 0.700. The quantitative estimate of drug-likeness (QED) is 0.866. The highest BCUT2D eigenvalue weighted by atomic mass is 16.5. The van der Waals surface area contributed by atoms with Crippen molar-refractivity contribution in [3.8, 4) is 11.5 Å². The van der Waals surface area contributed by atoms with E-state index >= 15 is 0 Å². The normalized spacial score (nSPS) is 22.9. The molecule has 0 spiro atoms. The van der Waals surface area contributed by atoms with Crippen LogP contribution in [0.1, 0.15) is 51.2 Å². The van der Waals surface area contributed by atoms with Crippen molar-refractivity contribution < 1.29 is 14.6 Å². The molecule has 1 aromatic rings. The van der Waals surface area contributed by atoms with Gasteiger partial charge in [-0.25, -0.2) is 0 Å². The molecule has 2 aliphatic heterocycles. The monoisotopic (exact) mass is 333 g/mol. The standard InChI is InChI=1S/C20H31NO3/c1-4-20(14-22)6-8-21(9-7-20)13-17-12-19-16(10-15(3)24-19)11-18(17)23-5-2/h11-12,15,22H,4-10,13-14H2,1-3H3. The molecule has 1 atom stereocenters. The van der Waals surface area contributed by atoms with E-state index in [1.165, 1.54) is 11.1 Å². The van der Waals surface area contributed by atoms with Gasteiger partial charge in [0.1, 0.15) is 17.6 Å². The summed E-state index contributed by atoms with van der Waals surface area (Å²) in [7, 11) is 0. The predicted molar refractivity (Wildman–Crippen MR) is 95.7 cm³/mol. The fourth-order valence-corrected chi connectivity index (χ4v) is 3.94. The number of hydrogen-bond donors (Lipinski definition) is 1. The number of piperidine rings is 1. The van der Waals surface area contributed by atoms with E-state index in [0.717, 1.165) is 56.8 Å². The first-order valence-corrected chi connectivity index (χ1v) is 9.37. The van der Waals surface area contributed by atoms with Crippen molar-refractivity contribution in [1.82, 2.24) is 4.90 Å². The molecular formula is C20H31NO3. The van der Waals surface area contributed by atoms with Gasteiger partial charge in [-0.05, 0) is 63.7 Å². The number of rotatable bonds is 6. The molecule has 0 saturated carbocycles. The van der Waals surface area contributed by atoms with Gasteiger partial charge in [0, 0.05) is 30.7 Å². The number of nitrogens with zero attached hydrogens (tertiary/aromatic N) is 1. The fourth-order valence-electron chi connectivity index (χ4n) is 3.94. The van der Waals surface area contributed by atoms with Crippen molar-refractivity contribution >= 4 is 0 Å². The number of hydrogen-bond acceptors (Lipinski definition) is 4. The van der Waals surface area contributed by atoms with Crippen molar-refractivity contribution in [2.75, 3.05) is 26.3 Å². The van der Waals surface area contributed by atoms with E-state index in [-0.39, 0.29) is 11.5 Å². The van der Waals surface area contributed by atoms with E-state index in [9.17, 15) is 5.11 Å². The van der Waals surface area contributed by atoms with Gasteiger partial charge in [0.2, 0.25) is 0 Å². The molecule has 1 aromatic carbocycles. The van der Waals surface area contributed by atoms with E-state index in [0.29, 0.717) is 13.2 Å². The molecule has 2 heterocycles. The average Bonchev–Trinajstić information content (AvgIpc) is 2.95. The van der Waals surface area contributed by atoms with E-state index in [4.69, 9.17) is 9.47 Å². The summed E-state index contributed by atoms with van der Waals surface area (Å²) < 4.78 is 11.8. The lowest BCUT2D eigenvalue weighted by Gasteiger charge is -2.40. The minimum absolute atomic E-state index is 0.135. The molecule has 24 heavy (non-hydrogen) atoms. The van der Waals surface area contributed by atoms with Crippen LogP contribution in [-0.4, -0.2) is 42.4 Å². The molecule has 0 aliphatic carbocycles. The lowest BCUT2D eigenvalue weighted by atomic mass is 9.77. The van der Waals surface area contributed by atoms with Crippen LogP contribution >= 0.6 is 0 Å². The number of fused-ring (bicyclic) bond motifs is 1. The third kappa shape index (κ3) is 3.55. The maximum atomic E-state index is 9.71. The molecule has 0 aromatic heterocycles.